The van der Waals surface area contributed by atoms with Crippen LogP contribution in [-0.4, -0.2) is 20.5 Å². The van der Waals surface area contributed by atoms with Crippen LogP contribution in [0.1, 0.15) is 21.6 Å². The molecule has 3 rings (SSSR count). The molecule has 0 unspecified atom stereocenters. The van der Waals surface area contributed by atoms with Gasteiger partial charge >= 0.3 is 5.97 Å². The standard InChI is InChI=1S/C16H14N4O2/c1-10-6-7-20-14(8-10)17-11(2)15(20)19-18-13-5-3-4-12(9-13)16(21)22/h3-9H,1-2H3,(H,21,22). The predicted octanol–water partition coefficient (Wildman–Crippen LogP) is 4.06. The Labute approximate surface area is 126 Å². The number of aromatic carboxylic acids is 1. The molecule has 0 aliphatic carbocycles. The molecule has 0 saturated heterocycles. The Balaban J connectivity index is 2.01. The summed E-state index contributed by atoms with van der Waals surface area (Å²) < 4.78 is 1.85. The van der Waals surface area contributed by atoms with E-state index < -0.39 is 5.97 Å². The molecule has 0 radical (unpaired) electrons. The van der Waals surface area contributed by atoms with Crippen molar-refractivity contribution >= 4 is 23.1 Å². The molecule has 0 saturated carbocycles. The fraction of sp³-hybridized carbons (Fsp3) is 0.125. The molecule has 0 spiro atoms. The first kappa shape index (κ1) is 13.9. The van der Waals surface area contributed by atoms with Gasteiger partial charge < -0.3 is 5.11 Å². The molecule has 3 aromatic rings. The van der Waals surface area contributed by atoms with Crippen LogP contribution < -0.4 is 0 Å². The molecule has 2 aromatic heterocycles. The highest BCUT2D eigenvalue weighted by molar-refractivity contribution is 5.88. The molecule has 1 aromatic carbocycles. The number of azo groups is 1. The monoisotopic (exact) mass is 294 g/mol. The predicted molar refractivity (Wildman–Crippen MR) is 82.2 cm³/mol. The molecule has 6 heteroatoms. The van der Waals surface area contributed by atoms with Crippen molar-refractivity contribution in [1.29, 1.82) is 0 Å². The SMILES string of the molecule is Cc1ccn2c(N=Nc3cccc(C(=O)O)c3)c(C)nc2c1. The number of carbonyl (C=O) groups is 1. The van der Waals surface area contributed by atoms with Crippen molar-refractivity contribution in [3.8, 4) is 0 Å². The van der Waals surface area contributed by atoms with E-state index in [1.54, 1.807) is 12.1 Å². The first-order valence-corrected chi connectivity index (χ1v) is 6.75. The van der Waals surface area contributed by atoms with Crippen LogP contribution in [0.25, 0.3) is 5.65 Å². The number of rotatable bonds is 3. The van der Waals surface area contributed by atoms with Gasteiger partial charge in [-0.25, -0.2) is 9.78 Å². The van der Waals surface area contributed by atoms with Gasteiger partial charge in [-0.1, -0.05) is 6.07 Å². The Bertz CT molecular complexity index is 896. The van der Waals surface area contributed by atoms with Crippen LogP contribution in [0.3, 0.4) is 0 Å². The zero-order valence-electron chi connectivity index (χ0n) is 12.2. The fourth-order valence-electron chi connectivity index (χ4n) is 2.18. The van der Waals surface area contributed by atoms with E-state index >= 15 is 0 Å². The van der Waals surface area contributed by atoms with E-state index in [1.807, 2.05) is 36.6 Å². The van der Waals surface area contributed by atoms with Crippen LogP contribution in [-0.2, 0) is 0 Å². The molecule has 110 valence electrons. The second kappa shape index (κ2) is 5.40. The Morgan fingerprint density at radius 1 is 1.18 bits per heavy atom. The number of hydrogen-bond acceptors (Lipinski definition) is 4. The van der Waals surface area contributed by atoms with Gasteiger partial charge in [0.1, 0.15) is 5.65 Å². The Kier molecular flexibility index (Phi) is 3.42. The number of aromatic nitrogens is 2. The summed E-state index contributed by atoms with van der Waals surface area (Å²) in [4.78, 5) is 15.4. The maximum Gasteiger partial charge on any atom is 0.335 e. The summed E-state index contributed by atoms with van der Waals surface area (Å²) in [6.07, 6.45) is 1.90. The number of carboxylic acids is 1. The number of carboxylic acid groups (broad SMARTS) is 1. The molecule has 6 nitrogen and oxygen atoms in total. The third-order valence-electron chi connectivity index (χ3n) is 3.28. The van der Waals surface area contributed by atoms with E-state index in [2.05, 4.69) is 15.2 Å². The Morgan fingerprint density at radius 2 is 2.00 bits per heavy atom. The lowest BCUT2D eigenvalue weighted by Gasteiger charge is -1.98. The first-order chi connectivity index (χ1) is 10.5. The normalized spacial score (nSPS) is 11.4. The van der Waals surface area contributed by atoms with Gasteiger partial charge in [0.05, 0.1) is 16.9 Å². The molecular formula is C16H14N4O2. The van der Waals surface area contributed by atoms with Gasteiger partial charge in [-0.05, 0) is 49.7 Å². The molecule has 0 aliphatic heterocycles. The minimum absolute atomic E-state index is 0.182. The number of fused-ring (bicyclic) bond motifs is 1. The van der Waals surface area contributed by atoms with Gasteiger partial charge in [-0.15, -0.1) is 10.2 Å². The topological polar surface area (TPSA) is 79.3 Å². The summed E-state index contributed by atoms with van der Waals surface area (Å²) in [7, 11) is 0. The minimum atomic E-state index is -0.987. The molecule has 0 atom stereocenters. The zero-order valence-corrected chi connectivity index (χ0v) is 12.2. The molecule has 2 heterocycles. The van der Waals surface area contributed by atoms with E-state index in [0.29, 0.717) is 11.5 Å². The van der Waals surface area contributed by atoms with Crippen molar-refractivity contribution in [1.82, 2.24) is 9.38 Å². The van der Waals surface area contributed by atoms with Crippen molar-refractivity contribution in [2.45, 2.75) is 13.8 Å². The van der Waals surface area contributed by atoms with Crippen molar-refractivity contribution in [2.75, 3.05) is 0 Å². The van der Waals surface area contributed by atoms with E-state index in [9.17, 15) is 4.79 Å². The molecule has 0 amide bonds. The fourth-order valence-corrected chi connectivity index (χ4v) is 2.18. The van der Waals surface area contributed by atoms with E-state index in [1.165, 1.54) is 12.1 Å². The lowest BCUT2D eigenvalue weighted by Crippen LogP contribution is -1.94. The number of nitrogens with zero attached hydrogens (tertiary/aromatic N) is 4. The highest BCUT2D eigenvalue weighted by atomic mass is 16.4. The van der Waals surface area contributed by atoms with Crippen LogP contribution in [0.4, 0.5) is 11.5 Å². The van der Waals surface area contributed by atoms with Gasteiger partial charge in [0.15, 0.2) is 5.82 Å². The Morgan fingerprint density at radius 3 is 2.77 bits per heavy atom. The average Bonchev–Trinajstić information content (AvgIpc) is 2.80. The van der Waals surface area contributed by atoms with Gasteiger partial charge in [-0.3, -0.25) is 4.40 Å². The minimum Gasteiger partial charge on any atom is -0.478 e. The largest absolute Gasteiger partial charge is 0.478 e. The van der Waals surface area contributed by atoms with Gasteiger partial charge in [0.2, 0.25) is 0 Å². The van der Waals surface area contributed by atoms with Gasteiger partial charge in [0.25, 0.3) is 0 Å². The first-order valence-electron chi connectivity index (χ1n) is 6.75. The second-order valence-electron chi connectivity index (χ2n) is 5.01. The van der Waals surface area contributed by atoms with Gasteiger partial charge in [-0.2, -0.15) is 0 Å². The number of aryl methyl sites for hydroxylation is 2. The summed E-state index contributed by atoms with van der Waals surface area (Å²) in [6, 6.07) is 10.3. The van der Waals surface area contributed by atoms with Crippen LogP contribution >= 0.6 is 0 Å². The maximum atomic E-state index is 11.0. The molecular weight excluding hydrogens is 280 g/mol. The number of imidazole rings is 1. The smallest absolute Gasteiger partial charge is 0.335 e. The van der Waals surface area contributed by atoms with Crippen molar-refractivity contribution in [2.24, 2.45) is 10.2 Å². The zero-order chi connectivity index (χ0) is 15.7. The van der Waals surface area contributed by atoms with E-state index in [4.69, 9.17) is 5.11 Å². The highest BCUT2D eigenvalue weighted by Gasteiger charge is 2.08. The molecule has 0 bridgehead atoms. The van der Waals surface area contributed by atoms with Crippen molar-refractivity contribution in [3.63, 3.8) is 0 Å². The lowest BCUT2D eigenvalue weighted by atomic mass is 10.2. The van der Waals surface area contributed by atoms with Crippen LogP contribution in [0, 0.1) is 13.8 Å². The lowest BCUT2D eigenvalue weighted by molar-refractivity contribution is 0.0697. The van der Waals surface area contributed by atoms with Gasteiger partial charge in [0, 0.05) is 6.20 Å². The summed E-state index contributed by atoms with van der Waals surface area (Å²) in [5.74, 6) is -0.353. The summed E-state index contributed by atoms with van der Waals surface area (Å²) in [5.41, 5.74) is 3.37. The molecule has 22 heavy (non-hydrogen) atoms. The van der Waals surface area contributed by atoms with Crippen LogP contribution in [0.5, 0.6) is 0 Å². The quantitative estimate of drug-likeness (QED) is 0.739. The van der Waals surface area contributed by atoms with Crippen molar-refractivity contribution < 1.29 is 9.90 Å². The Hall–Kier alpha value is -3.02. The number of benzene rings is 1. The molecule has 0 aliphatic rings. The summed E-state index contributed by atoms with van der Waals surface area (Å²) >= 11 is 0. The van der Waals surface area contributed by atoms with E-state index in [0.717, 1.165) is 16.9 Å². The summed E-state index contributed by atoms with van der Waals surface area (Å²) in [5, 5.41) is 17.3. The third-order valence-corrected chi connectivity index (χ3v) is 3.28. The maximum absolute atomic E-state index is 11.0. The third kappa shape index (κ3) is 2.58. The van der Waals surface area contributed by atoms with Crippen molar-refractivity contribution in [3.05, 3.63) is 59.4 Å². The average molecular weight is 294 g/mol. The van der Waals surface area contributed by atoms with Crippen LogP contribution in [0.2, 0.25) is 0 Å². The molecule has 1 N–H and O–H groups in total. The van der Waals surface area contributed by atoms with Crippen LogP contribution in [0.15, 0.2) is 52.8 Å². The highest BCUT2D eigenvalue weighted by Crippen LogP contribution is 2.24. The molecule has 0 fully saturated rings. The number of pyridine rings is 1. The number of hydrogen-bond donors (Lipinski definition) is 1. The summed E-state index contributed by atoms with van der Waals surface area (Å²) in [6.45, 7) is 3.87. The second-order valence-corrected chi connectivity index (χ2v) is 5.01. The van der Waals surface area contributed by atoms with E-state index in [-0.39, 0.29) is 5.56 Å².